The van der Waals surface area contributed by atoms with Crippen molar-refractivity contribution in [3.63, 3.8) is 0 Å². The number of nitrogens with zero attached hydrogens (tertiary/aromatic N) is 2. The molecular formula is C44H46N2O6. The summed E-state index contributed by atoms with van der Waals surface area (Å²) in [5.74, 6) is -2.41. The van der Waals surface area contributed by atoms with Gasteiger partial charge in [-0.2, -0.15) is 0 Å². The van der Waals surface area contributed by atoms with Crippen LogP contribution in [0.3, 0.4) is 0 Å². The second-order valence-electron chi connectivity index (χ2n) is 13.5. The Kier molecular flexibility index (Phi) is 12.7. The number of hydrogen-bond donors (Lipinski definition) is 0. The van der Waals surface area contributed by atoms with E-state index in [-0.39, 0.29) is 25.0 Å². The number of esters is 2. The Morgan fingerprint density at radius 1 is 0.519 bits per heavy atom. The Hall–Kier alpha value is -5.50. The predicted molar refractivity (Wildman–Crippen MR) is 198 cm³/mol. The molecule has 8 nitrogen and oxygen atoms in total. The molecule has 8 heteroatoms. The summed E-state index contributed by atoms with van der Waals surface area (Å²) in [4.78, 5) is 58.7. The highest BCUT2D eigenvalue weighted by Crippen LogP contribution is 2.27. The first-order valence-electron chi connectivity index (χ1n) is 18.2. The van der Waals surface area contributed by atoms with E-state index < -0.39 is 35.9 Å². The zero-order valence-electron chi connectivity index (χ0n) is 29.4. The smallest absolute Gasteiger partial charge is 0.329 e. The molecule has 0 aromatic heterocycles. The quantitative estimate of drug-likeness (QED) is 0.107. The van der Waals surface area contributed by atoms with Gasteiger partial charge in [0.15, 0.2) is 0 Å². The maximum atomic E-state index is 14.4. The fourth-order valence-corrected chi connectivity index (χ4v) is 7.11. The largest absolute Gasteiger partial charge is 0.459 e. The number of hydrogen-bond acceptors (Lipinski definition) is 6. The van der Waals surface area contributed by atoms with Gasteiger partial charge in [-0.1, -0.05) is 133 Å². The van der Waals surface area contributed by atoms with Crippen molar-refractivity contribution >= 4 is 23.8 Å². The molecule has 0 N–H and O–H groups in total. The molecule has 2 saturated heterocycles. The molecule has 52 heavy (non-hydrogen) atoms. The van der Waals surface area contributed by atoms with Crippen molar-refractivity contribution in [2.24, 2.45) is 11.8 Å². The number of likely N-dealkylation sites (tertiary alicyclic amines) is 2. The average molecular weight is 699 g/mol. The first-order valence-corrected chi connectivity index (χ1v) is 18.2. The van der Waals surface area contributed by atoms with Crippen molar-refractivity contribution in [2.75, 3.05) is 13.1 Å². The molecule has 0 bridgehead atoms. The number of carbonyl (C=O) groups is 4. The molecule has 4 unspecified atom stereocenters. The normalized spacial score (nSPS) is 18.2. The monoisotopic (exact) mass is 698 g/mol. The van der Waals surface area contributed by atoms with Crippen LogP contribution in [0, 0.1) is 11.8 Å². The van der Waals surface area contributed by atoms with Gasteiger partial charge in [0.1, 0.15) is 25.3 Å². The van der Waals surface area contributed by atoms with Gasteiger partial charge in [-0.3, -0.25) is 9.59 Å². The van der Waals surface area contributed by atoms with Crippen molar-refractivity contribution in [3.05, 3.63) is 156 Å². The fourth-order valence-electron chi connectivity index (χ4n) is 7.11. The first kappa shape index (κ1) is 36.3. The van der Waals surface area contributed by atoms with Crippen LogP contribution < -0.4 is 0 Å². The van der Waals surface area contributed by atoms with Crippen LogP contribution in [0.2, 0.25) is 0 Å². The molecule has 2 heterocycles. The number of rotatable bonds is 14. The van der Waals surface area contributed by atoms with Gasteiger partial charge >= 0.3 is 11.9 Å². The number of carbonyl (C=O) groups excluding carboxylic acids is 4. The van der Waals surface area contributed by atoms with Gasteiger partial charge in [0.05, 0.1) is 11.8 Å². The summed E-state index contributed by atoms with van der Waals surface area (Å²) in [6, 6.07) is 37.2. The predicted octanol–water partition coefficient (Wildman–Crippen LogP) is 6.73. The number of ether oxygens (including phenoxy) is 2. The minimum atomic E-state index is -0.670. The lowest BCUT2D eigenvalue weighted by Gasteiger charge is -2.28. The lowest BCUT2D eigenvalue weighted by Crippen LogP contribution is -2.45. The van der Waals surface area contributed by atoms with E-state index in [1.165, 1.54) is 0 Å². The Balaban J connectivity index is 1.22. The van der Waals surface area contributed by atoms with E-state index in [1.54, 1.807) is 9.80 Å². The van der Waals surface area contributed by atoms with E-state index in [1.807, 2.05) is 133 Å². The molecule has 4 aromatic carbocycles. The van der Waals surface area contributed by atoms with Crippen molar-refractivity contribution in [1.29, 1.82) is 0 Å². The van der Waals surface area contributed by atoms with Gasteiger partial charge in [-0.25, -0.2) is 9.59 Å². The molecule has 2 aliphatic heterocycles. The molecule has 2 fully saturated rings. The van der Waals surface area contributed by atoms with E-state index in [0.717, 1.165) is 22.3 Å². The van der Waals surface area contributed by atoms with Gasteiger partial charge in [0, 0.05) is 13.1 Å². The Morgan fingerprint density at radius 3 is 1.19 bits per heavy atom. The van der Waals surface area contributed by atoms with Crippen LogP contribution in [0.4, 0.5) is 0 Å². The molecular weight excluding hydrogens is 652 g/mol. The third kappa shape index (κ3) is 9.63. The highest BCUT2D eigenvalue weighted by molar-refractivity contribution is 5.89. The molecule has 4 atom stereocenters. The SMILES string of the molecule is O=C(OCc1ccccc1)C1CCCN1C(=O)C(C=CC(Cc1ccccc1)C(=O)N1CCCC1C(=O)OCc1ccccc1)Cc1ccccc1. The molecule has 2 aliphatic rings. The molecule has 0 saturated carbocycles. The third-order valence-electron chi connectivity index (χ3n) is 9.87. The minimum Gasteiger partial charge on any atom is -0.459 e. The van der Waals surface area contributed by atoms with E-state index in [2.05, 4.69) is 0 Å². The zero-order chi connectivity index (χ0) is 36.1. The summed E-state index contributed by atoms with van der Waals surface area (Å²) < 4.78 is 11.4. The summed E-state index contributed by atoms with van der Waals surface area (Å²) >= 11 is 0. The number of benzene rings is 4. The van der Waals surface area contributed by atoms with Crippen LogP contribution in [-0.2, 0) is 54.7 Å². The Morgan fingerprint density at radius 2 is 0.846 bits per heavy atom. The standard InChI is InChI=1S/C44H46N2O6/c47-41(45-27-13-23-39(45)43(49)51-31-35-19-9-3-10-20-35)37(29-33-15-5-1-6-16-33)25-26-38(30-34-17-7-2-8-18-34)42(48)46-28-14-24-40(46)44(50)52-32-36-21-11-4-12-22-36/h1-12,15-22,25-26,37-40H,13-14,23-24,27-32H2. The Bertz CT molecular complexity index is 1660. The summed E-state index contributed by atoms with van der Waals surface area (Å²) in [5.41, 5.74) is 3.71. The van der Waals surface area contributed by atoms with Crippen LogP contribution in [0.25, 0.3) is 0 Å². The molecule has 6 rings (SSSR count). The Labute approximate surface area is 306 Å². The fraction of sp³-hybridized carbons (Fsp3) is 0.318. The summed E-state index contributed by atoms with van der Waals surface area (Å²) in [6.07, 6.45) is 6.95. The summed E-state index contributed by atoms with van der Waals surface area (Å²) in [6.45, 7) is 1.20. The van der Waals surface area contributed by atoms with E-state index in [9.17, 15) is 19.2 Å². The maximum Gasteiger partial charge on any atom is 0.329 e. The van der Waals surface area contributed by atoms with Crippen LogP contribution in [0.5, 0.6) is 0 Å². The second-order valence-corrected chi connectivity index (χ2v) is 13.5. The van der Waals surface area contributed by atoms with Crippen LogP contribution >= 0.6 is 0 Å². The van der Waals surface area contributed by atoms with E-state index in [0.29, 0.717) is 51.6 Å². The first-order chi connectivity index (χ1) is 25.5. The van der Waals surface area contributed by atoms with Gasteiger partial charge < -0.3 is 19.3 Å². The molecule has 4 aromatic rings. The molecule has 0 radical (unpaired) electrons. The maximum absolute atomic E-state index is 14.4. The van der Waals surface area contributed by atoms with E-state index >= 15 is 0 Å². The van der Waals surface area contributed by atoms with Crippen LogP contribution in [-0.4, -0.2) is 58.7 Å². The summed E-state index contributed by atoms with van der Waals surface area (Å²) in [5, 5.41) is 0. The van der Waals surface area contributed by atoms with Crippen LogP contribution in [0.1, 0.15) is 47.9 Å². The molecule has 0 spiro atoms. The van der Waals surface area contributed by atoms with Crippen molar-refractivity contribution < 1.29 is 28.7 Å². The average Bonchev–Trinajstić information content (AvgIpc) is 3.90. The molecule has 268 valence electrons. The second kappa shape index (κ2) is 18.1. The van der Waals surface area contributed by atoms with Crippen molar-refractivity contribution in [2.45, 2.75) is 63.8 Å². The van der Waals surface area contributed by atoms with Gasteiger partial charge in [0.25, 0.3) is 0 Å². The zero-order valence-corrected chi connectivity index (χ0v) is 29.4. The lowest BCUT2D eigenvalue weighted by atomic mass is 9.92. The van der Waals surface area contributed by atoms with E-state index in [4.69, 9.17) is 9.47 Å². The molecule has 0 aliphatic carbocycles. The highest BCUT2D eigenvalue weighted by atomic mass is 16.5. The third-order valence-corrected chi connectivity index (χ3v) is 9.87. The minimum absolute atomic E-state index is 0.145. The van der Waals surface area contributed by atoms with Crippen LogP contribution in [0.15, 0.2) is 133 Å². The van der Waals surface area contributed by atoms with Crippen molar-refractivity contribution in [3.8, 4) is 0 Å². The number of amides is 2. The van der Waals surface area contributed by atoms with Gasteiger partial charge in [0.2, 0.25) is 11.8 Å². The van der Waals surface area contributed by atoms with Gasteiger partial charge in [-0.05, 0) is 60.8 Å². The molecule has 2 amide bonds. The topological polar surface area (TPSA) is 93.2 Å². The summed E-state index contributed by atoms with van der Waals surface area (Å²) in [7, 11) is 0. The highest BCUT2D eigenvalue weighted by Gasteiger charge is 2.39. The van der Waals surface area contributed by atoms with Crippen molar-refractivity contribution in [1.82, 2.24) is 9.80 Å². The van der Waals surface area contributed by atoms with Gasteiger partial charge in [-0.15, -0.1) is 0 Å². The lowest BCUT2D eigenvalue weighted by molar-refractivity contribution is -0.155.